The number of anilines is 1. The average Bonchev–Trinajstić information content (AvgIpc) is 3.16. The number of amides is 1. The number of aromatic hydroxyl groups is 1. The highest BCUT2D eigenvalue weighted by Gasteiger charge is 2.47. The van der Waals surface area contributed by atoms with Crippen LogP contribution in [-0.2, 0) is 9.59 Å². The van der Waals surface area contributed by atoms with E-state index in [1.54, 1.807) is 48.5 Å². The van der Waals surface area contributed by atoms with Crippen molar-refractivity contribution in [3.05, 3.63) is 124 Å². The number of phenols is 1. The van der Waals surface area contributed by atoms with Crippen LogP contribution < -0.4 is 9.64 Å². The molecule has 8 heteroatoms. The van der Waals surface area contributed by atoms with Crippen molar-refractivity contribution in [2.24, 2.45) is 0 Å². The lowest BCUT2D eigenvalue weighted by Crippen LogP contribution is -2.29. The van der Waals surface area contributed by atoms with Crippen molar-refractivity contribution in [1.82, 2.24) is 0 Å². The molecule has 5 rings (SSSR count). The second-order valence-electron chi connectivity index (χ2n) is 8.27. The zero-order valence-corrected chi connectivity index (χ0v) is 20.6. The fourth-order valence-electron chi connectivity index (χ4n) is 4.24. The smallest absolute Gasteiger partial charge is 0.300 e. The molecule has 0 saturated carbocycles. The zero-order chi connectivity index (χ0) is 26.1. The molecule has 1 atom stereocenters. The summed E-state index contributed by atoms with van der Waals surface area (Å²) in [7, 11) is 0. The van der Waals surface area contributed by atoms with Crippen molar-refractivity contribution in [2.45, 2.75) is 6.04 Å². The van der Waals surface area contributed by atoms with Gasteiger partial charge in [0.25, 0.3) is 11.7 Å². The molecular formula is C29H19Cl2NO5. The number of phenolic OH excluding ortho intramolecular Hbond substituents is 1. The van der Waals surface area contributed by atoms with Crippen LogP contribution in [0, 0.1) is 0 Å². The highest BCUT2D eigenvalue weighted by atomic mass is 35.5. The van der Waals surface area contributed by atoms with E-state index in [1.807, 2.05) is 18.2 Å². The summed E-state index contributed by atoms with van der Waals surface area (Å²) in [6.45, 7) is 0. The summed E-state index contributed by atoms with van der Waals surface area (Å²) in [4.78, 5) is 27.8. The van der Waals surface area contributed by atoms with E-state index in [2.05, 4.69) is 0 Å². The Labute approximate surface area is 222 Å². The van der Waals surface area contributed by atoms with Gasteiger partial charge in [-0.25, -0.2) is 0 Å². The Balaban J connectivity index is 1.69. The van der Waals surface area contributed by atoms with Gasteiger partial charge in [-0.2, -0.15) is 0 Å². The van der Waals surface area contributed by atoms with Crippen LogP contribution in [-0.4, -0.2) is 21.9 Å². The van der Waals surface area contributed by atoms with Crippen LogP contribution in [0.25, 0.3) is 5.76 Å². The number of para-hydroxylation sites is 3. The first-order valence-corrected chi connectivity index (χ1v) is 12.0. The third kappa shape index (κ3) is 4.65. The molecule has 37 heavy (non-hydrogen) atoms. The minimum atomic E-state index is -1.07. The van der Waals surface area contributed by atoms with Crippen molar-refractivity contribution in [1.29, 1.82) is 0 Å². The number of ketones is 1. The van der Waals surface area contributed by atoms with E-state index in [9.17, 15) is 19.8 Å². The molecule has 1 amide bonds. The summed E-state index contributed by atoms with van der Waals surface area (Å²) in [6, 6.07) is 25.5. The Morgan fingerprint density at radius 1 is 0.784 bits per heavy atom. The molecular weight excluding hydrogens is 513 g/mol. The van der Waals surface area contributed by atoms with E-state index in [1.165, 1.54) is 35.2 Å². The molecule has 184 valence electrons. The number of benzene rings is 4. The molecule has 1 unspecified atom stereocenters. The number of halogens is 2. The summed E-state index contributed by atoms with van der Waals surface area (Å²) in [5, 5.41) is 22.3. The summed E-state index contributed by atoms with van der Waals surface area (Å²) in [6.07, 6.45) is 0. The van der Waals surface area contributed by atoms with E-state index < -0.39 is 23.5 Å². The molecule has 1 heterocycles. The van der Waals surface area contributed by atoms with Crippen LogP contribution in [0.3, 0.4) is 0 Å². The van der Waals surface area contributed by atoms with Gasteiger partial charge in [0.1, 0.15) is 23.0 Å². The first-order chi connectivity index (χ1) is 17.8. The third-order valence-corrected chi connectivity index (χ3v) is 6.67. The maximum absolute atomic E-state index is 13.3. The van der Waals surface area contributed by atoms with E-state index in [4.69, 9.17) is 27.9 Å². The number of rotatable bonds is 5. The average molecular weight is 532 g/mol. The molecule has 4 aromatic rings. The van der Waals surface area contributed by atoms with Gasteiger partial charge in [-0.1, -0.05) is 65.7 Å². The number of aliphatic hydroxyl groups excluding tert-OH is 1. The predicted molar refractivity (Wildman–Crippen MR) is 142 cm³/mol. The molecule has 6 nitrogen and oxygen atoms in total. The van der Waals surface area contributed by atoms with Crippen molar-refractivity contribution < 1.29 is 24.5 Å². The highest BCUT2D eigenvalue weighted by Crippen LogP contribution is 2.45. The number of nitrogens with zero attached hydrogens (tertiary/aromatic N) is 1. The van der Waals surface area contributed by atoms with Gasteiger partial charge in [-0.15, -0.1) is 0 Å². The third-order valence-electron chi connectivity index (χ3n) is 5.93. The molecule has 0 spiro atoms. The van der Waals surface area contributed by atoms with Crippen LogP contribution >= 0.6 is 23.2 Å². The van der Waals surface area contributed by atoms with Crippen LogP contribution in [0.1, 0.15) is 17.2 Å². The van der Waals surface area contributed by atoms with Crippen LogP contribution in [0.2, 0.25) is 10.0 Å². The van der Waals surface area contributed by atoms with Gasteiger partial charge in [0.05, 0.1) is 27.3 Å². The molecule has 0 bridgehead atoms. The molecule has 1 saturated heterocycles. The van der Waals surface area contributed by atoms with Gasteiger partial charge >= 0.3 is 0 Å². The lowest BCUT2D eigenvalue weighted by atomic mass is 9.95. The largest absolute Gasteiger partial charge is 0.507 e. The Morgan fingerprint density at radius 2 is 1.49 bits per heavy atom. The first kappa shape index (κ1) is 24.4. The van der Waals surface area contributed by atoms with Gasteiger partial charge in [-0.3, -0.25) is 14.5 Å². The van der Waals surface area contributed by atoms with E-state index in [0.717, 1.165) is 0 Å². The molecule has 2 N–H and O–H groups in total. The number of carbonyl (C=O) groups excluding carboxylic acids is 2. The minimum Gasteiger partial charge on any atom is -0.507 e. The topological polar surface area (TPSA) is 87.1 Å². The molecule has 0 aromatic heterocycles. The fourth-order valence-corrected chi connectivity index (χ4v) is 4.53. The summed E-state index contributed by atoms with van der Waals surface area (Å²) >= 11 is 12.2. The van der Waals surface area contributed by atoms with Crippen molar-refractivity contribution in [2.75, 3.05) is 4.90 Å². The molecule has 1 fully saturated rings. The molecule has 4 aromatic carbocycles. The number of ether oxygens (including phenoxy) is 1. The summed E-state index contributed by atoms with van der Waals surface area (Å²) < 4.78 is 5.96. The van der Waals surface area contributed by atoms with Crippen molar-refractivity contribution in [3.63, 3.8) is 0 Å². The lowest BCUT2D eigenvalue weighted by molar-refractivity contribution is -0.132. The first-order valence-electron chi connectivity index (χ1n) is 11.2. The lowest BCUT2D eigenvalue weighted by Gasteiger charge is -2.26. The Kier molecular flexibility index (Phi) is 6.61. The number of Topliss-reactive ketones (excluding diaryl/α,β-unsaturated/α-hetero) is 1. The second-order valence-corrected chi connectivity index (χ2v) is 9.09. The van der Waals surface area contributed by atoms with Gasteiger partial charge in [0.15, 0.2) is 0 Å². The highest BCUT2D eigenvalue weighted by molar-refractivity contribution is 6.52. The molecule has 0 aliphatic carbocycles. The fraction of sp³-hybridized carbons (Fsp3) is 0.0345. The minimum absolute atomic E-state index is 0.122. The maximum Gasteiger partial charge on any atom is 0.300 e. The maximum atomic E-state index is 13.3. The Hall–Kier alpha value is -4.26. The number of carbonyl (C=O) groups is 2. The molecule has 0 radical (unpaired) electrons. The second kappa shape index (κ2) is 10.0. The van der Waals surface area contributed by atoms with Crippen molar-refractivity contribution >= 4 is 46.3 Å². The van der Waals surface area contributed by atoms with Gasteiger partial charge in [0.2, 0.25) is 0 Å². The van der Waals surface area contributed by atoms with Gasteiger partial charge in [0, 0.05) is 5.56 Å². The van der Waals surface area contributed by atoms with Crippen molar-refractivity contribution in [3.8, 4) is 17.2 Å². The number of hydrogen-bond donors (Lipinski definition) is 2. The van der Waals surface area contributed by atoms with Crippen LogP contribution in [0.5, 0.6) is 17.2 Å². The monoisotopic (exact) mass is 531 g/mol. The van der Waals surface area contributed by atoms with E-state index >= 15 is 0 Å². The zero-order valence-electron chi connectivity index (χ0n) is 19.1. The van der Waals surface area contributed by atoms with E-state index in [0.29, 0.717) is 17.1 Å². The van der Waals surface area contributed by atoms with Crippen LogP contribution in [0.15, 0.2) is 103 Å². The summed E-state index contributed by atoms with van der Waals surface area (Å²) in [5.41, 5.74) is 0.657. The number of aliphatic hydroxyl groups is 1. The van der Waals surface area contributed by atoms with Crippen LogP contribution in [0.4, 0.5) is 5.69 Å². The Morgan fingerprint density at radius 3 is 2.22 bits per heavy atom. The molecule has 1 aliphatic rings. The Bertz CT molecular complexity index is 1550. The normalized spacial score (nSPS) is 16.7. The van der Waals surface area contributed by atoms with Gasteiger partial charge < -0.3 is 14.9 Å². The van der Waals surface area contributed by atoms with E-state index in [-0.39, 0.29) is 32.6 Å². The SMILES string of the molecule is O=C1C(=O)N(c2ccccc2O)C(c2cccc(Oc3ccccc3)c2)/C1=C(/O)c1ccc(Cl)c(Cl)c1. The number of hydrogen-bond acceptors (Lipinski definition) is 5. The predicted octanol–water partition coefficient (Wildman–Crippen LogP) is 7.12. The van der Waals surface area contributed by atoms with Gasteiger partial charge in [-0.05, 0) is 60.2 Å². The quantitative estimate of drug-likeness (QED) is 0.162. The molecule has 1 aliphatic heterocycles. The summed E-state index contributed by atoms with van der Waals surface area (Å²) in [5.74, 6) is -1.37. The standard InChI is InChI=1S/C29H19Cl2NO5/c30-21-14-13-18(16-22(21)31)27(34)25-26(32(29(36)28(25)35)23-11-4-5-12-24(23)33)17-7-6-10-20(15-17)37-19-8-2-1-3-9-19/h1-16,26,33-34H/b27-25-.